The summed E-state index contributed by atoms with van der Waals surface area (Å²) in [5, 5.41) is 28.5. The van der Waals surface area contributed by atoms with E-state index < -0.39 is 17.9 Å². The quantitative estimate of drug-likeness (QED) is 0.460. The van der Waals surface area contributed by atoms with E-state index in [1.54, 1.807) is 24.5 Å². The maximum atomic E-state index is 12.0. The van der Waals surface area contributed by atoms with Crippen molar-refractivity contribution in [3.05, 3.63) is 75.6 Å². The molecule has 1 unspecified atom stereocenters. The summed E-state index contributed by atoms with van der Waals surface area (Å²) in [6.07, 6.45) is 3.04. The highest BCUT2D eigenvalue weighted by molar-refractivity contribution is 7.15. The summed E-state index contributed by atoms with van der Waals surface area (Å²) in [5.74, 6) is -0.538. The molecule has 0 fully saturated rings. The average molecular weight is 484 g/mol. The Morgan fingerprint density at radius 2 is 1.86 bits per heavy atom. The first-order valence-electron chi connectivity index (χ1n) is 11.0. The summed E-state index contributed by atoms with van der Waals surface area (Å²) < 4.78 is 1.94. The largest absolute Gasteiger partial charge is 0.481 e. The van der Waals surface area contributed by atoms with Crippen LogP contribution in [0, 0.1) is 38.0 Å². The van der Waals surface area contributed by atoms with E-state index in [-0.39, 0.29) is 5.69 Å². The number of fused-ring (bicyclic) bond motifs is 3. The van der Waals surface area contributed by atoms with E-state index in [1.807, 2.05) is 41.8 Å². The molecule has 0 aliphatic carbocycles. The van der Waals surface area contributed by atoms with Crippen LogP contribution >= 0.6 is 11.3 Å². The second-order valence-corrected chi connectivity index (χ2v) is 9.64. The number of aryl methyl sites for hydroxylation is 2. The molecule has 35 heavy (non-hydrogen) atoms. The second kappa shape index (κ2) is 8.52. The summed E-state index contributed by atoms with van der Waals surface area (Å²) in [6.45, 7) is 7.62. The van der Waals surface area contributed by atoms with Crippen molar-refractivity contribution in [3.63, 3.8) is 0 Å². The Balaban J connectivity index is 1.70. The van der Waals surface area contributed by atoms with Gasteiger partial charge in [0.05, 0.1) is 29.7 Å². The normalized spacial score (nSPS) is 15.4. The highest BCUT2D eigenvalue weighted by Gasteiger charge is 2.36. The number of thiophene rings is 1. The van der Waals surface area contributed by atoms with E-state index in [0.717, 1.165) is 32.1 Å². The van der Waals surface area contributed by atoms with Gasteiger partial charge in [0, 0.05) is 21.6 Å². The third kappa shape index (κ3) is 3.70. The predicted octanol–water partition coefficient (Wildman–Crippen LogP) is 4.20. The van der Waals surface area contributed by atoms with Crippen LogP contribution in [0.1, 0.15) is 51.9 Å². The fourth-order valence-corrected chi connectivity index (χ4v) is 5.39. The van der Waals surface area contributed by atoms with E-state index in [1.165, 1.54) is 6.20 Å². The van der Waals surface area contributed by atoms with Gasteiger partial charge in [-0.25, -0.2) is 4.98 Å². The minimum absolute atomic E-state index is 0.248. The molecule has 9 nitrogen and oxygen atoms in total. The number of benzene rings is 1. The highest BCUT2D eigenvalue weighted by atomic mass is 32.1. The van der Waals surface area contributed by atoms with Crippen molar-refractivity contribution in [1.82, 2.24) is 24.7 Å². The standard InChI is InChI=1S/C25H21N7O2S/c1-12-14(3)35-24-20(12)22(29-21(13(2)25(33)34)23-31-30-15(4)32(23)24)17-7-5-16(6-8-17)19-11-27-10-18(9-26)28-19/h5-8,10-11,13,21H,1-4H3,(H,33,34)/t13?,21-/m0/s1. The summed E-state index contributed by atoms with van der Waals surface area (Å²) in [4.78, 5) is 26.6. The van der Waals surface area contributed by atoms with Crippen molar-refractivity contribution in [2.24, 2.45) is 10.9 Å². The first-order valence-corrected chi connectivity index (χ1v) is 11.8. The minimum Gasteiger partial charge on any atom is -0.481 e. The number of hydrogen-bond acceptors (Lipinski definition) is 8. The van der Waals surface area contributed by atoms with Gasteiger partial charge in [0.15, 0.2) is 11.5 Å². The molecule has 0 saturated heterocycles. The third-order valence-corrected chi connectivity index (χ3v) is 7.45. The smallest absolute Gasteiger partial charge is 0.308 e. The number of aromatic nitrogens is 5. The molecule has 5 rings (SSSR count). The number of rotatable bonds is 4. The number of hydrogen-bond donors (Lipinski definition) is 1. The van der Waals surface area contributed by atoms with Crippen LogP contribution in [0.15, 0.2) is 41.7 Å². The molecule has 10 heteroatoms. The Kier molecular flexibility index (Phi) is 5.49. The Labute approximate surface area is 205 Å². The van der Waals surface area contributed by atoms with E-state index in [0.29, 0.717) is 23.1 Å². The van der Waals surface area contributed by atoms with E-state index in [4.69, 9.17) is 10.3 Å². The predicted molar refractivity (Wildman–Crippen MR) is 131 cm³/mol. The Hall–Kier alpha value is -4.23. The van der Waals surface area contributed by atoms with Crippen molar-refractivity contribution in [2.45, 2.75) is 33.7 Å². The van der Waals surface area contributed by atoms with Crippen LogP contribution in [0.4, 0.5) is 0 Å². The van der Waals surface area contributed by atoms with Gasteiger partial charge in [-0.3, -0.25) is 19.3 Å². The zero-order chi connectivity index (χ0) is 24.9. The van der Waals surface area contributed by atoms with Gasteiger partial charge in [-0.05, 0) is 33.3 Å². The van der Waals surface area contributed by atoms with Crippen LogP contribution < -0.4 is 0 Å². The summed E-state index contributed by atoms with van der Waals surface area (Å²) >= 11 is 1.62. The Bertz CT molecular complexity index is 1540. The first-order chi connectivity index (χ1) is 16.8. The van der Waals surface area contributed by atoms with Gasteiger partial charge in [-0.1, -0.05) is 24.3 Å². The molecular weight excluding hydrogens is 462 g/mol. The SMILES string of the molecule is Cc1sc2c(c1C)C(c1ccc(-c3cncc(C#N)n3)cc1)=N[C@@H](C(C)C(=O)O)c1nnc(C)n1-2. The zero-order valence-electron chi connectivity index (χ0n) is 19.5. The molecule has 2 atom stereocenters. The monoisotopic (exact) mass is 483 g/mol. The molecule has 1 N–H and O–H groups in total. The Morgan fingerprint density at radius 1 is 1.14 bits per heavy atom. The number of aliphatic imine (C=N–C) groups is 1. The van der Waals surface area contributed by atoms with E-state index >= 15 is 0 Å². The van der Waals surface area contributed by atoms with Crippen molar-refractivity contribution < 1.29 is 9.90 Å². The van der Waals surface area contributed by atoms with Gasteiger partial charge in [0.1, 0.15) is 22.9 Å². The fourth-order valence-electron chi connectivity index (χ4n) is 4.18. The molecule has 0 radical (unpaired) electrons. The highest BCUT2D eigenvalue weighted by Crippen LogP contribution is 2.40. The van der Waals surface area contributed by atoms with Crippen molar-refractivity contribution in [3.8, 4) is 22.3 Å². The molecule has 0 bridgehead atoms. The lowest BCUT2D eigenvalue weighted by Crippen LogP contribution is -2.21. The molecule has 1 aromatic carbocycles. The summed E-state index contributed by atoms with van der Waals surface area (Å²) in [5.41, 5.74) is 5.26. The zero-order valence-corrected chi connectivity index (χ0v) is 20.3. The van der Waals surface area contributed by atoms with Crippen LogP contribution in [0.3, 0.4) is 0 Å². The molecule has 4 heterocycles. The molecule has 0 saturated carbocycles. The van der Waals surface area contributed by atoms with Crippen LogP contribution in [0.2, 0.25) is 0 Å². The molecule has 0 amide bonds. The van der Waals surface area contributed by atoms with E-state index in [2.05, 4.69) is 34.0 Å². The number of nitriles is 1. The van der Waals surface area contributed by atoms with Crippen LogP contribution in [-0.2, 0) is 4.79 Å². The molecular formula is C25H21N7O2S. The molecule has 1 aliphatic rings. The van der Waals surface area contributed by atoms with Crippen LogP contribution in [0.25, 0.3) is 16.3 Å². The Morgan fingerprint density at radius 3 is 2.54 bits per heavy atom. The van der Waals surface area contributed by atoms with Gasteiger partial charge in [0.2, 0.25) is 0 Å². The molecule has 4 aromatic rings. The maximum Gasteiger partial charge on any atom is 0.308 e. The lowest BCUT2D eigenvalue weighted by Gasteiger charge is -2.16. The lowest BCUT2D eigenvalue weighted by atomic mass is 9.97. The number of aliphatic carboxylic acids is 1. The maximum absolute atomic E-state index is 12.0. The average Bonchev–Trinajstić information content (AvgIpc) is 3.33. The van der Waals surface area contributed by atoms with Crippen molar-refractivity contribution in [2.75, 3.05) is 0 Å². The van der Waals surface area contributed by atoms with Gasteiger partial charge in [0.25, 0.3) is 0 Å². The van der Waals surface area contributed by atoms with Gasteiger partial charge >= 0.3 is 5.97 Å². The third-order valence-electron chi connectivity index (χ3n) is 6.26. The van der Waals surface area contributed by atoms with Crippen molar-refractivity contribution in [1.29, 1.82) is 5.26 Å². The molecule has 3 aromatic heterocycles. The number of nitrogens with zero attached hydrogens (tertiary/aromatic N) is 7. The summed E-state index contributed by atoms with van der Waals surface area (Å²) in [7, 11) is 0. The molecule has 174 valence electrons. The lowest BCUT2D eigenvalue weighted by molar-refractivity contribution is -0.141. The van der Waals surface area contributed by atoms with E-state index in [9.17, 15) is 9.90 Å². The number of carboxylic acid groups (broad SMARTS) is 1. The van der Waals surface area contributed by atoms with Gasteiger partial charge in [-0.2, -0.15) is 5.26 Å². The molecule has 1 aliphatic heterocycles. The van der Waals surface area contributed by atoms with Gasteiger partial charge in [-0.15, -0.1) is 21.5 Å². The van der Waals surface area contributed by atoms with Crippen LogP contribution in [-0.4, -0.2) is 41.5 Å². The number of carboxylic acids is 1. The topological polar surface area (TPSA) is 130 Å². The minimum atomic E-state index is -0.949. The van der Waals surface area contributed by atoms with Crippen LogP contribution in [0.5, 0.6) is 0 Å². The number of carbonyl (C=O) groups is 1. The summed E-state index contributed by atoms with van der Waals surface area (Å²) in [6, 6.07) is 8.99. The van der Waals surface area contributed by atoms with Crippen molar-refractivity contribution >= 4 is 23.0 Å². The second-order valence-electron chi connectivity index (χ2n) is 8.43. The van der Waals surface area contributed by atoms with Gasteiger partial charge < -0.3 is 5.11 Å². The fraction of sp³-hybridized carbons (Fsp3) is 0.240. The first kappa shape index (κ1) is 22.6. The molecule has 0 spiro atoms.